The molecule has 0 fully saturated rings. The number of thioether (sulfide) groups is 1. The second kappa shape index (κ2) is 6.22. The number of carbonyl (C=O) groups is 1. The van der Waals surface area contributed by atoms with Gasteiger partial charge in [0.05, 0.1) is 10.8 Å². The third kappa shape index (κ3) is 2.61. The molecule has 124 valence electrons. The zero-order chi connectivity index (χ0) is 16.7. The Labute approximate surface area is 148 Å². The topological polar surface area (TPSA) is 73.8 Å². The maximum atomic E-state index is 13.2. The summed E-state index contributed by atoms with van der Waals surface area (Å²) in [4.78, 5) is 13.2. The van der Waals surface area contributed by atoms with Crippen LogP contribution in [0.3, 0.4) is 0 Å². The average molecular weight is 358 g/mol. The fraction of sp³-hybridized carbons (Fsp3) is 0.353. The highest BCUT2D eigenvalue weighted by Gasteiger charge is 2.26. The van der Waals surface area contributed by atoms with Crippen molar-refractivity contribution < 1.29 is 4.79 Å². The normalized spacial score (nSPS) is 15.4. The van der Waals surface area contributed by atoms with Gasteiger partial charge in [-0.25, -0.2) is 0 Å². The average Bonchev–Trinajstić information content (AvgIpc) is 3.15. The monoisotopic (exact) mass is 358 g/mol. The van der Waals surface area contributed by atoms with Crippen LogP contribution in [0.25, 0.3) is 10.9 Å². The van der Waals surface area contributed by atoms with Crippen molar-refractivity contribution in [3.8, 4) is 0 Å². The highest BCUT2D eigenvalue weighted by Crippen LogP contribution is 2.34. The number of benzene rings is 1. The Balaban J connectivity index is 1.74. The number of para-hydroxylation sites is 1. The Morgan fingerprint density at radius 3 is 2.88 bits per heavy atom. The third-order valence-electron chi connectivity index (χ3n) is 4.45. The Morgan fingerprint density at radius 2 is 2.08 bits per heavy atom. The molecule has 0 amide bonds. The molecule has 1 aromatic carbocycles. The fourth-order valence-corrected chi connectivity index (χ4v) is 5.22. The maximum absolute atomic E-state index is 13.2. The van der Waals surface area contributed by atoms with Crippen LogP contribution < -0.4 is 5.73 Å². The smallest absolute Gasteiger partial charge is 0.244 e. The number of nitrogens with zero attached hydrogens (tertiary/aromatic N) is 3. The number of hydrogen-bond donors (Lipinski definition) is 1. The van der Waals surface area contributed by atoms with Gasteiger partial charge >= 0.3 is 0 Å². The molecule has 7 heteroatoms. The van der Waals surface area contributed by atoms with Crippen LogP contribution in [0.15, 0.2) is 28.6 Å². The second-order valence-corrected chi connectivity index (χ2v) is 8.59. The highest BCUT2D eigenvalue weighted by molar-refractivity contribution is 8.02. The minimum absolute atomic E-state index is 0.105. The molecule has 5 nitrogen and oxygen atoms in total. The van der Waals surface area contributed by atoms with E-state index >= 15 is 0 Å². The van der Waals surface area contributed by atoms with E-state index < -0.39 is 0 Å². The maximum Gasteiger partial charge on any atom is 0.244 e. The van der Waals surface area contributed by atoms with Crippen LogP contribution in [0.1, 0.15) is 35.8 Å². The van der Waals surface area contributed by atoms with Crippen molar-refractivity contribution in [2.75, 3.05) is 5.73 Å². The summed E-state index contributed by atoms with van der Waals surface area (Å²) in [6.07, 6.45) is 4.37. The molecule has 0 aliphatic heterocycles. The van der Waals surface area contributed by atoms with Crippen molar-refractivity contribution in [2.45, 2.75) is 42.2 Å². The van der Waals surface area contributed by atoms with E-state index in [0.717, 1.165) is 29.1 Å². The van der Waals surface area contributed by atoms with Crippen LogP contribution in [-0.2, 0) is 12.8 Å². The SMILES string of the molecule is CC(Sc1nnc(N)s1)C(=O)n1c2c(c3ccccc31)CCCC2. The van der Waals surface area contributed by atoms with Crippen molar-refractivity contribution in [3.63, 3.8) is 0 Å². The lowest BCUT2D eigenvalue weighted by Gasteiger charge is -2.17. The molecule has 3 aromatic rings. The molecule has 4 rings (SSSR count). The molecule has 2 aromatic heterocycles. The van der Waals surface area contributed by atoms with Gasteiger partial charge in [-0.1, -0.05) is 41.3 Å². The summed E-state index contributed by atoms with van der Waals surface area (Å²) < 4.78 is 2.67. The molecule has 24 heavy (non-hydrogen) atoms. The molecule has 1 aliphatic rings. The van der Waals surface area contributed by atoms with E-state index in [0.29, 0.717) is 5.13 Å². The number of nitrogen functional groups attached to an aromatic ring is 1. The number of fused-ring (bicyclic) bond motifs is 3. The van der Waals surface area contributed by atoms with E-state index in [2.05, 4.69) is 16.3 Å². The van der Waals surface area contributed by atoms with Gasteiger partial charge < -0.3 is 5.73 Å². The Bertz CT molecular complexity index is 915. The standard InChI is InChI=1S/C17H18N4OS2/c1-10(23-17-20-19-16(18)24-17)15(22)21-13-8-4-2-6-11(13)12-7-3-5-9-14(12)21/h2,4,6,8,10H,3,5,7,9H2,1H3,(H2,18,19). The Kier molecular flexibility index (Phi) is 4.05. The van der Waals surface area contributed by atoms with E-state index in [1.54, 1.807) is 0 Å². The van der Waals surface area contributed by atoms with E-state index in [9.17, 15) is 4.79 Å². The fourth-order valence-electron chi connectivity index (χ4n) is 3.40. The minimum Gasteiger partial charge on any atom is -0.374 e. The zero-order valence-corrected chi connectivity index (χ0v) is 15.0. The number of carbonyl (C=O) groups excluding carboxylic acids is 1. The first-order chi connectivity index (χ1) is 11.6. The quantitative estimate of drug-likeness (QED) is 0.721. The zero-order valence-electron chi connectivity index (χ0n) is 13.4. The molecule has 1 atom stereocenters. The third-order valence-corrected chi connectivity index (χ3v) is 6.37. The Hall–Kier alpha value is -1.86. The lowest BCUT2D eigenvalue weighted by atomic mass is 9.95. The van der Waals surface area contributed by atoms with Gasteiger partial charge in [0.15, 0.2) is 4.34 Å². The van der Waals surface area contributed by atoms with Crippen LogP contribution in [0.2, 0.25) is 0 Å². The van der Waals surface area contributed by atoms with E-state index in [1.165, 1.54) is 46.2 Å². The van der Waals surface area contributed by atoms with Crippen LogP contribution in [0.5, 0.6) is 0 Å². The van der Waals surface area contributed by atoms with Crippen molar-refractivity contribution >= 4 is 45.0 Å². The summed E-state index contributed by atoms with van der Waals surface area (Å²) in [5, 5.41) is 9.25. The predicted octanol–water partition coefficient (Wildman–Crippen LogP) is 3.77. The lowest BCUT2D eigenvalue weighted by Crippen LogP contribution is -2.24. The molecular weight excluding hydrogens is 340 g/mol. The number of hydrogen-bond acceptors (Lipinski definition) is 6. The van der Waals surface area contributed by atoms with Gasteiger partial charge in [0.25, 0.3) is 0 Å². The number of aryl methyl sites for hydroxylation is 1. The summed E-state index contributed by atoms with van der Waals surface area (Å²) in [6, 6.07) is 8.23. The van der Waals surface area contributed by atoms with E-state index in [4.69, 9.17) is 5.73 Å². The van der Waals surface area contributed by atoms with Crippen molar-refractivity contribution in [1.29, 1.82) is 0 Å². The molecule has 0 saturated carbocycles. The van der Waals surface area contributed by atoms with Crippen LogP contribution >= 0.6 is 23.1 Å². The number of aromatic nitrogens is 3. The van der Waals surface area contributed by atoms with Gasteiger partial charge in [-0.3, -0.25) is 9.36 Å². The van der Waals surface area contributed by atoms with Gasteiger partial charge in [0, 0.05) is 11.1 Å². The highest BCUT2D eigenvalue weighted by atomic mass is 32.2. The van der Waals surface area contributed by atoms with Gasteiger partial charge in [-0.05, 0) is 44.2 Å². The van der Waals surface area contributed by atoms with Crippen LogP contribution in [0.4, 0.5) is 5.13 Å². The largest absolute Gasteiger partial charge is 0.374 e. The molecule has 0 bridgehead atoms. The number of rotatable bonds is 3. The van der Waals surface area contributed by atoms with E-state index in [1.807, 2.05) is 29.7 Å². The first-order valence-electron chi connectivity index (χ1n) is 8.06. The first kappa shape index (κ1) is 15.7. The predicted molar refractivity (Wildman–Crippen MR) is 98.8 cm³/mol. The summed E-state index contributed by atoms with van der Waals surface area (Å²) >= 11 is 2.74. The summed E-state index contributed by atoms with van der Waals surface area (Å²) in [5.41, 5.74) is 9.20. The molecule has 1 unspecified atom stereocenters. The van der Waals surface area contributed by atoms with Crippen molar-refractivity contribution in [1.82, 2.24) is 14.8 Å². The molecule has 1 aliphatic carbocycles. The van der Waals surface area contributed by atoms with Gasteiger partial charge in [-0.15, -0.1) is 10.2 Å². The molecule has 2 N–H and O–H groups in total. The molecule has 2 heterocycles. The second-order valence-electron chi connectivity index (χ2n) is 5.99. The van der Waals surface area contributed by atoms with Gasteiger partial charge in [-0.2, -0.15) is 0 Å². The first-order valence-corrected chi connectivity index (χ1v) is 9.76. The summed E-state index contributed by atoms with van der Waals surface area (Å²) in [7, 11) is 0. The van der Waals surface area contributed by atoms with Crippen molar-refractivity contribution in [2.24, 2.45) is 0 Å². The van der Waals surface area contributed by atoms with E-state index in [-0.39, 0.29) is 11.2 Å². The summed E-state index contributed by atoms with van der Waals surface area (Å²) in [6.45, 7) is 1.93. The summed E-state index contributed by atoms with van der Waals surface area (Å²) in [5.74, 6) is 0.105. The minimum atomic E-state index is -0.237. The molecule has 0 saturated heterocycles. The van der Waals surface area contributed by atoms with Crippen molar-refractivity contribution in [3.05, 3.63) is 35.5 Å². The molecule has 0 radical (unpaired) electrons. The van der Waals surface area contributed by atoms with Gasteiger partial charge in [0.1, 0.15) is 0 Å². The lowest BCUT2D eigenvalue weighted by molar-refractivity contribution is 0.0917. The number of nitrogens with two attached hydrogens (primary N) is 1. The van der Waals surface area contributed by atoms with Gasteiger partial charge in [0.2, 0.25) is 11.0 Å². The molecular formula is C17H18N4OS2. The Morgan fingerprint density at radius 1 is 1.29 bits per heavy atom. The molecule has 0 spiro atoms. The van der Waals surface area contributed by atoms with Crippen LogP contribution in [-0.4, -0.2) is 25.9 Å². The van der Waals surface area contributed by atoms with Crippen LogP contribution in [0, 0.1) is 0 Å². The number of anilines is 1.